The molecular formula is C19H25N3O3. The molecule has 0 radical (unpaired) electrons. The molecule has 2 fully saturated rings. The van der Waals surface area contributed by atoms with Crippen LogP contribution < -0.4 is 10.6 Å². The molecule has 1 aromatic carbocycles. The standard InChI is InChI=1S/C19H25N3O3/c1-19(2,3)12-5-4-6-13(9-12)20-14-10-17(24)22(11-14)15-7-8-16(23)21-18(15)25/h4-6,9,14-15,20H,7-8,10-11H2,1-3H3,(H,21,23,25). The van der Waals surface area contributed by atoms with Crippen molar-refractivity contribution in [2.45, 2.75) is 57.5 Å². The lowest BCUT2D eigenvalue weighted by atomic mass is 9.87. The molecule has 6 nitrogen and oxygen atoms in total. The Kier molecular flexibility index (Phi) is 4.54. The van der Waals surface area contributed by atoms with Crippen LogP contribution in [0.25, 0.3) is 0 Å². The zero-order valence-corrected chi connectivity index (χ0v) is 15.0. The molecule has 6 heteroatoms. The van der Waals surface area contributed by atoms with Gasteiger partial charge in [-0.3, -0.25) is 19.7 Å². The summed E-state index contributed by atoms with van der Waals surface area (Å²) in [6.07, 6.45) is 1.05. The fourth-order valence-corrected chi connectivity index (χ4v) is 3.42. The van der Waals surface area contributed by atoms with Gasteiger partial charge in [0.1, 0.15) is 6.04 Å². The molecule has 0 spiro atoms. The summed E-state index contributed by atoms with van der Waals surface area (Å²) >= 11 is 0. The van der Waals surface area contributed by atoms with Crippen LogP contribution in [-0.4, -0.2) is 41.2 Å². The van der Waals surface area contributed by atoms with E-state index in [9.17, 15) is 14.4 Å². The summed E-state index contributed by atoms with van der Waals surface area (Å²) in [6, 6.07) is 7.65. The Bertz CT molecular complexity index is 708. The number of nitrogens with one attached hydrogen (secondary N) is 2. The smallest absolute Gasteiger partial charge is 0.249 e. The summed E-state index contributed by atoms with van der Waals surface area (Å²) in [4.78, 5) is 37.2. The second-order valence-corrected chi connectivity index (χ2v) is 7.89. The van der Waals surface area contributed by atoms with Gasteiger partial charge in [0.05, 0.1) is 6.04 Å². The van der Waals surface area contributed by atoms with Crippen molar-refractivity contribution in [3.05, 3.63) is 29.8 Å². The molecular weight excluding hydrogens is 318 g/mol. The molecule has 0 aromatic heterocycles. The van der Waals surface area contributed by atoms with Gasteiger partial charge >= 0.3 is 0 Å². The molecule has 3 rings (SSSR count). The number of rotatable bonds is 3. The van der Waals surface area contributed by atoms with Crippen LogP contribution in [0.2, 0.25) is 0 Å². The first-order valence-corrected chi connectivity index (χ1v) is 8.74. The maximum Gasteiger partial charge on any atom is 0.249 e. The molecule has 2 aliphatic rings. The van der Waals surface area contributed by atoms with Gasteiger partial charge in [0.2, 0.25) is 17.7 Å². The highest BCUT2D eigenvalue weighted by Gasteiger charge is 2.40. The summed E-state index contributed by atoms with van der Waals surface area (Å²) in [5.74, 6) is -0.666. The van der Waals surface area contributed by atoms with Crippen molar-refractivity contribution in [2.75, 3.05) is 11.9 Å². The number of nitrogens with zero attached hydrogens (tertiary/aromatic N) is 1. The minimum Gasteiger partial charge on any atom is -0.380 e. The number of carbonyl (C=O) groups is 3. The van der Waals surface area contributed by atoms with Crippen LogP contribution >= 0.6 is 0 Å². The highest BCUT2D eigenvalue weighted by Crippen LogP contribution is 2.27. The summed E-state index contributed by atoms with van der Waals surface area (Å²) in [5, 5.41) is 5.74. The van der Waals surface area contributed by atoms with Crippen molar-refractivity contribution in [1.29, 1.82) is 0 Å². The minimum absolute atomic E-state index is 0.0341. The summed E-state index contributed by atoms with van der Waals surface area (Å²) in [7, 11) is 0. The number of hydrogen-bond acceptors (Lipinski definition) is 4. The third kappa shape index (κ3) is 3.83. The van der Waals surface area contributed by atoms with Crippen molar-refractivity contribution in [1.82, 2.24) is 10.2 Å². The summed E-state index contributed by atoms with van der Waals surface area (Å²) < 4.78 is 0. The van der Waals surface area contributed by atoms with Crippen LogP contribution in [0.15, 0.2) is 24.3 Å². The second kappa shape index (κ2) is 6.50. The van der Waals surface area contributed by atoms with Gasteiger partial charge < -0.3 is 10.2 Å². The van der Waals surface area contributed by atoms with E-state index in [1.165, 1.54) is 5.56 Å². The first kappa shape index (κ1) is 17.5. The van der Waals surface area contributed by atoms with Crippen molar-refractivity contribution >= 4 is 23.4 Å². The van der Waals surface area contributed by atoms with Crippen molar-refractivity contribution in [3.63, 3.8) is 0 Å². The molecule has 0 aliphatic carbocycles. The Labute approximate surface area is 148 Å². The normalized spacial score (nSPS) is 24.4. The first-order valence-electron chi connectivity index (χ1n) is 8.74. The Balaban J connectivity index is 1.67. The number of piperidine rings is 1. The molecule has 134 valence electrons. The SMILES string of the molecule is CC(C)(C)c1cccc(NC2CC(=O)N(C3CCC(=O)NC3=O)C2)c1. The van der Waals surface area contributed by atoms with Gasteiger partial charge in [-0.05, 0) is 29.5 Å². The lowest BCUT2D eigenvalue weighted by molar-refractivity contribution is -0.143. The Morgan fingerprint density at radius 1 is 1.20 bits per heavy atom. The molecule has 2 heterocycles. The number of benzene rings is 1. The zero-order chi connectivity index (χ0) is 18.2. The molecule has 0 bridgehead atoms. The van der Waals surface area contributed by atoms with Crippen molar-refractivity contribution in [3.8, 4) is 0 Å². The van der Waals surface area contributed by atoms with Crippen LogP contribution in [0.3, 0.4) is 0 Å². The quantitative estimate of drug-likeness (QED) is 0.821. The van der Waals surface area contributed by atoms with E-state index >= 15 is 0 Å². The van der Waals surface area contributed by atoms with E-state index in [1.807, 2.05) is 12.1 Å². The van der Waals surface area contributed by atoms with E-state index in [1.54, 1.807) is 4.90 Å². The lowest BCUT2D eigenvalue weighted by Crippen LogP contribution is -2.53. The Morgan fingerprint density at radius 3 is 2.64 bits per heavy atom. The van der Waals surface area contributed by atoms with E-state index < -0.39 is 6.04 Å². The van der Waals surface area contributed by atoms with Crippen LogP contribution in [0.5, 0.6) is 0 Å². The highest BCUT2D eigenvalue weighted by molar-refractivity contribution is 6.02. The molecule has 25 heavy (non-hydrogen) atoms. The van der Waals surface area contributed by atoms with Gasteiger partial charge in [-0.15, -0.1) is 0 Å². The molecule has 2 N–H and O–H groups in total. The Morgan fingerprint density at radius 2 is 1.96 bits per heavy atom. The molecule has 2 saturated heterocycles. The number of likely N-dealkylation sites (tertiary alicyclic amines) is 1. The molecule has 0 saturated carbocycles. The largest absolute Gasteiger partial charge is 0.380 e. The maximum atomic E-state index is 12.3. The number of hydrogen-bond donors (Lipinski definition) is 2. The predicted molar refractivity (Wildman–Crippen MR) is 95.1 cm³/mol. The van der Waals surface area contributed by atoms with Gasteiger partial charge in [0.15, 0.2) is 0 Å². The average molecular weight is 343 g/mol. The highest BCUT2D eigenvalue weighted by atomic mass is 16.2. The zero-order valence-electron chi connectivity index (χ0n) is 15.0. The van der Waals surface area contributed by atoms with Gasteiger partial charge in [-0.2, -0.15) is 0 Å². The summed E-state index contributed by atoms with van der Waals surface area (Å²) in [6.45, 7) is 6.96. The molecule has 2 unspecified atom stereocenters. The Hall–Kier alpha value is -2.37. The number of imide groups is 1. The number of anilines is 1. The monoisotopic (exact) mass is 343 g/mol. The van der Waals surface area contributed by atoms with Gasteiger partial charge in [-0.1, -0.05) is 32.9 Å². The average Bonchev–Trinajstić information content (AvgIpc) is 2.87. The fourth-order valence-electron chi connectivity index (χ4n) is 3.42. The van der Waals surface area contributed by atoms with Crippen LogP contribution in [0.1, 0.15) is 45.6 Å². The molecule has 3 amide bonds. The van der Waals surface area contributed by atoms with E-state index in [4.69, 9.17) is 0 Å². The lowest BCUT2D eigenvalue weighted by Gasteiger charge is -2.29. The topological polar surface area (TPSA) is 78.5 Å². The van der Waals surface area contributed by atoms with Gasteiger partial charge in [0, 0.05) is 25.1 Å². The second-order valence-electron chi connectivity index (χ2n) is 7.89. The van der Waals surface area contributed by atoms with Crippen LogP contribution in [0.4, 0.5) is 5.69 Å². The first-order chi connectivity index (χ1) is 11.7. The van der Waals surface area contributed by atoms with Crippen LogP contribution in [-0.2, 0) is 19.8 Å². The summed E-state index contributed by atoms with van der Waals surface area (Å²) in [5.41, 5.74) is 2.27. The maximum absolute atomic E-state index is 12.3. The van der Waals surface area contributed by atoms with Crippen molar-refractivity contribution in [2.24, 2.45) is 0 Å². The van der Waals surface area contributed by atoms with E-state index in [2.05, 4.69) is 43.5 Å². The third-order valence-electron chi connectivity index (χ3n) is 4.84. The van der Waals surface area contributed by atoms with Crippen molar-refractivity contribution < 1.29 is 14.4 Å². The molecule has 2 atom stereocenters. The molecule has 2 aliphatic heterocycles. The predicted octanol–water partition coefficient (Wildman–Crippen LogP) is 1.80. The van der Waals surface area contributed by atoms with Gasteiger partial charge in [0.25, 0.3) is 0 Å². The van der Waals surface area contributed by atoms with Crippen LogP contribution in [0, 0.1) is 0 Å². The third-order valence-corrected chi connectivity index (χ3v) is 4.84. The minimum atomic E-state index is -0.530. The van der Waals surface area contributed by atoms with E-state index in [0.717, 1.165) is 5.69 Å². The van der Waals surface area contributed by atoms with Gasteiger partial charge in [-0.25, -0.2) is 0 Å². The fraction of sp³-hybridized carbons (Fsp3) is 0.526. The number of amides is 3. The molecule has 1 aromatic rings. The number of carbonyl (C=O) groups excluding carboxylic acids is 3. The van der Waals surface area contributed by atoms with E-state index in [-0.39, 0.29) is 35.6 Å². The van der Waals surface area contributed by atoms with E-state index in [0.29, 0.717) is 19.4 Å².